The SMILES string of the molecule is Cc1noc(CNC(=O)c2cccnc2Br)n1. The topological polar surface area (TPSA) is 80.9 Å². The lowest BCUT2D eigenvalue weighted by atomic mass is 10.3. The highest BCUT2D eigenvalue weighted by Crippen LogP contribution is 2.12. The van der Waals surface area contributed by atoms with E-state index in [1.54, 1.807) is 25.3 Å². The van der Waals surface area contributed by atoms with Crippen LogP contribution in [0.25, 0.3) is 0 Å². The molecule has 6 nitrogen and oxygen atoms in total. The first-order valence-electron chi connectivity index (χ1n) is 4.84. The van der Waals surface area contributed by atoms with E-state index in [2.05, 4.69) is 36.4 Å². The van der Waals surface area contributed by atoms with Crippen molar-refractivity contribution < 1.29 is 9.32 Å². The van der Waals surface area contributed by atoms with Gasteiger partial charge in [-0.1, -0.05) is 5.16 Å². The Morgan fingerprint density at radius 1 is 1.59 bits per heavy atom. The Labute approximate surface area is 106 Å². The number of halogens is 1. The molecule has 0 radical (unpaired) electrons. The molecule has 1 amide bonds. The van der Waals surface area contributed by atoms with E-state index in [9.17, 15) is 4.79 Å². The second-order valence-corrected chi connectivity index (χ2v) is 4.01. The number of pyridine rings is 1. The Hall–Kier alpha value is -1.76. The molecule has 7 heteroatoms. The minimum absolute atomic E-state index is 0.195. The van der Waals surface area contributed by atoms with Crippen molar-refractivity contribution in [1.82, 2.24) is 20.4 Å². The summed E-state index contributed by atoms with van der Waals surface area (Å²) in [6.45, 7) is 1.91. The normalized spacial score (nSPS) is 10.2. The maximum Gasteiger partial charge on any atom is 0.254 e. The molecule has 0 aliphatic heterocycles. The Balaban J connectivity index is 2.01. The fourth-order valence-electron chi connectivity index (χ4n) is 1.22. The third kappa shape index (κ3) is 2.88. The molecule has 0 fully saturated rings. The van der Waals surface area contributed by atoms with Gasteiger partial charge in [0, 0.05) is 6.20 Å². The molecule has 0 atom stereocenters. The molecule has 2 heterocycles. The van der Waals surface area contributed by atoms with E-state index in [1.807, 2.05) is 0 Å². The predicted molar refractivity (Wildman–Crippen MR) is 62.1 cm³/mol. The second-order valence-electron chi connectivity index (χ2n) is 3.26. The van der Waals surface area contributed by atoms with Crippen molar-refractivity contribution in [2.75, 3.05) is 0 Å². The number of hydrogen-bond donors (Lipinski definition) is 1. The van der Waals surface area contributed by atoms with Crippen molar-refractivity contribution >= 4 is 21.8 Å². The molecule has 0 aliphatic rings. The lowest BCUT2D eigenvalue weighted by Crippen LogP contribution is -2.23. The van der Waals surface area contributed by atoms with Crippen molar-refractivity contribution in [3.05, 3.63) is 40.2 Å². The van der Waals surface area contributed by atoms with Gasteiger partial charge in [0.25, 0.3) is 5.91 Å². The van der Waals surface area contributed by atoms with E-state index >= 15 is 0 Å². The van der Waals surface area contributed by atoms with E-state index in [4.69, 9.17) is 4.52 Å². The highest BCUT2D eigenvalue weighted by Gasteiger charge is 2.11. The number of aryl methyl sites for hydroxylation is 1. The van der Waals surface area contributed by atoms with Crippen LogP contribution in [0.4, 0.5) is 0 Å². The molecule has 0 aromatic carbocycles. The number of rotatable bonds is 3. The first-order chi connectivity index (χ1) is 8.16. The smallest absolute Gasteiger partial charge is 0.254 e. The predicted octanol–water partition coefficient (Wildman–Crippen LogP) is 1.47. The van der Waals surface area contributed by atoms with Crippen molar-refractivity contribution in [3.63, 3.8) is 0 Å². The van der Waals surface area contributed by atoms with Gasteiger partial charge in [0.2, 0.25) is 5.89 Å². The molecule has 0 saturated heterocycles. The van der Waals surface area contributed by atoms with Gasteiger partial charge in [-0.25, -0.2) is 4.98 Å². The van der Waals surface area contributed by atoms with Gasteiger partial charge in [-0.05, 0) is 35.0 Å². The van der Waals surface area contributed by atoms with Crippen molar-refractivity contribution in [3.8, 4) is 0 Å². The summed E-state index contributed by atoms with van der Waals surface area (Å²) in [4.78, 5) is 19.7. The molecule has 88 valence electrons. The Morgan fingerprint density at radius 2 is 2.41 bits per heavy atom. The fourth-order valence-corrected chi connectivity index (χ4v) is 1.65. The summed E-state index contributed by atoms with van der Waals surface area (Å²) in [6.07, 6.45) is 1.60. The van der Waals surface area contributed by atoms with Crippen molar-refractivity contribution in [1.29, 1.82) is 0 Å². The number of nitrogens with one attached hydrogen (secondary N) is 1. The first-order valence-corrected chi connectivity index (χ1v) is 5.64. The van der Waals surface area contributed by atoms with E-state index < -0.39 is 0 Å². The van der Waals surface area contributed by atoms with Crippen LogP contribution < -0.4 is 5.32 Å². The Kier molecular flexibility index (Phi) is 3.48. The second kappa shape index (κ2) is 5.05. The summed E-state index contributed by atoms with van der Waals surface area (Å²) in [7, 11) is 0. The van der Waals surface area contributed by atoms with E-state index in [-0.39, 0.29) is 12.5 Å². The lowest BCUT2D eigenvalue weighted by molar-refractivity contribution is 0.0945. The lowest BCUT2D eigenvalue weighted by Gasteiger charge is -2.03. The molecule has 0 aliphatic carbocycles. The van der Waals surface area contributed by atoms with Crippen LogP contribution in [0, 0.1) is 6.92 Å². The zero-order chi connectivity index (χ0) is 12.3. The van der Waals surface area contributed by atoms with Gasteiger partial charge in [0.05, 0.1) is 12.1 Å². The van der Waals surface area contributed by atoms with Gasteiger partial charge < -0.3 is 9.84 Å². The molecule has 0 unspecified atom stereocenters. The fraction of sp³-hybridized carbons (Fsp3) is 0.200. The summed E-state index contributed by atoms with van der Waals surface area (Å²) in [6, 6.07) is 3.36. The highest BCUT2D eigenvalue weighted by molar-refractivity contribution is 9.10. The zero-order valence-corrected chi connectivity index (χ0v) is 10.6. The van der Waals surface area contributed by atoms with Crippen LogP contribution in [0.5, 0.6) is 0 Å². The zero-order valence-electron chi connectivity index (χ0n) is 8.98. The van der Waals surface area contributed by atoms with Gasteiger partial charge in [0.1, 0.15) is 4.60 Å². The minimum Gasteiger partial charge on any atom is -0.343 e. The number of nitrogens with zero attached hydrogens (tertiary/aromatic N) is 3. The van der Waals surface area contributed by atoms with Crippen LogP contribution in [0.2, 0.25) is 0 Å². The van der Waals surface area contributed by atoms with Crippen LogP contribution in [0.3, 0.4) is 0 Å². The van der Waals surface area contributed by atoms with E-state index in [1.165, 1.54) is 0 Å². The van der Waals surface area contributed by atoms with Crippen molar-refractivity contribution in [2.24, 2.45) is 0 Å². The van der Waals surface area contributed by atoms with Crippen LogP contribution in [0.15, 0.2) is 27.5 Å². The molecule has 0 bridgehead atoms. The molecular weight excluding hydrogens is 288 g/mol. The third-order valence-corrected chi connectivity index (χ3v) is 2.61. The summed E-state index contributed by atoms with van der Waals surface area (Å²) in [5, 5.41) is 6.29. The van der Waals surface area contributed by atoms with Crippen molar-refractivity contribution in [2.45, 2.75) is 13.5 Å². The quantitative estimate of drug-likeness (QED) is 0.868. The molecule has 2 aromatic rings. The number of carbonyl (C=O) groups is 1. The van der Waals surface area contributed by atoms with Gasteiger partial charge >= 0.3 is 0 Å². The number of aromatic nitrogens is 3. The number of amides is 1. The summed E-state index contributed by atoms with van der Waals surface area (Å²) < 4.78 is 5.38. The number of hydrogen-bond acceptors (Lipinski definition) is 5. The standard InChI is InChI=1S/C10H9BrN4O2/c1-6-14-8(17-15-6)5-13-10(16)7-3-2-4-12-9(7)11/h2-4H,5H2,1H3,(H,13,16). The third-order valence-electron chi connectivity index (χ3n) is 1.97. The van der Waals surface area contributed by atoms with Gasteiger partial charge in [0.15, 0.2) is 5.82 Å². The molecule has 2 rings (SSSR count). The molecule has 2 aromatic heterocycles. The average molecular weight is 297 g/mol. The monoisotopic (exact) mass is 296 g/mol. The van der Waals surface area contributed by atoms with Crippen LogP contribution in [0.1, 0.15) is 22.1 Å². The highest BCUT2D eigenvalue weighted by atomic mass is 79.9. The average Bonchev–Trinajstić information content (AvgIpc) is 2.73. The number of carbonyl (C=O) groups excluding carboxylic acids is 1. The molecular formula is C10H9BrN4O2. The largest absolute Gasteiger partial charge is 0.343 e. The minimum atomic E-state index is -0.249. The maximum atomic E-state index is 11.8. The van der Waals surface area contributed by atoms with Crippen LogP contribution >= 0.6 is 15.9 Å². The van der Waals surface area contributed by atoms with Crippen LogP contribution in [-0.2, 0) is 6.54 Å². The Bertz CT molecular complexity index is 541. The van der Waals surface area contributed by atoms with E-state index in [0.717, 1.165) is 0 Å². The molecule has 0 saturated carbocycles. The summed E-state index contributed by atoms with van der Waals surface area (Å²) in [5.41, 5.74) is 0.462. The van der Waals surface area contributed by atoms with Crippen LogP contribution in [-0.4, -0.2) is 21.0 Å². The summed E-state index contributed by atoms with van der Waals surface area (Å²) >= 11 is 3.20. The molecule has 1 N–H and O–H groups in total. The molecule has 0 spiro atoms. The summed E-state index contributed by atoms with van der Waals surface area (Å²) in [5.74, 6) is 0.661. The van der Waals surface area contributed by atoms with Gasteiger partial charge in [-0.2, -0.15) is 4.98 Å². The van der Waals surface area contributed by atoms with E-state index in [0.29, 0.717) is 21.9 Å². The van der Waals surface area contributed by atoms with Gasteiger partial charge in [-0.15, -0.1) is 0 Å². The molecule has 17 heavy (non-hydrogen) atoms. The Morgan fingerprint density at radius 3 is 3.06 bits per heavy atom. The maximum absolute atomic E-state index is 11.8. The van der Waals surface area contributed by atoms with Gasteiger partial charge in [-0.3, -0.25) is 4.79 Å². The first kappa shape index (κ1) is 11.7.